The maximum Gasteiger partial charge on any atom is 0.240 e. The van der Waals surface area contributed by atoms with Gasteiger partial charge in [0.25, 0.3) is 0 Å². The molecule has 1 heterocycles. The molecular weight excluding hydrogens is 416 g/mol. The molecule has 3 rings (SSSR count). The number of morpholine rings is 1. The summed E-state index contributed by atoms with van der Waals surface area (Å²) < 4.78 is 44.4. The smallest absolute Gasteiger partial charge is 0.240 e. The zero-order valence-corrected chi connectivity index (χ0v) is 18.0. The molecular formula is C20H25ClN2O5S. The van der Waals surface area contributed by atoms with Gasteiger partial charge in [-0.15, -0.1) is 0 Å². The van der Waals surface area contributed by atoms with Crippen LogP contribution < -0.4 is 14.2 Å². The number of halogens is 1. The number of sulfonamides is 1. The van der Waals surface area contributed by atoms with Crippen LogP contribution >= 0.6 is 11.6 Å². The minimum Gasteiger partial charge on any atom is -0.493 e. The van der Waals surface area contributed by atoms with Crippen molar-refractivity contribution in [2.24, 2.45) is 0 Å². The van der Waals surface area contributed by atoms with Gasteiger partial charge in [0, 0.05) is 36.8 Å². The molecule has 0 aromatic heterocycles. The van der Waals surface area contributed by atoms with Gasteiger partial charge < -0.3 is 14.2 Å². The summed E-state index contributed by atoms with van der Waals surface area (Å²) in [6.07, 6.45) is 0. The predicted molar refractivity (Wildman–Crippen MR) is 111 cm³/mol. The second-order valence-electron chi connectivity index (χ2n) is 6.55. The van der Waals surface area contributed by atoms with Crippen LogP contribution in [-0.4, -0.2) is 60.4 Å². The van der Waals surface area contributed by atoms with Gasteiger partial charge in [0.15, 0.2) is 11.5 Å². The molecule has 1 fully saturated rings. The number of benzene rings is 2. The van der Waals surface area contributed by atoms with E-state index in [-0.39, 0.29) is 17.5 Å². The van der Waals surface area contributed by atoms with Crippen molar-refractivity contribution in [3.05, 3.63) is 53.1 Å². The molecule has 0 saturated carbocycles. The third-order valence-electron chi connectivity index (χ3n) is 4.88. The minimum atomic E-state index is -3.76. The highest BCUT2D eigenvalue weighted by Crippen LogP contribution is 2.31. The van der Waals surface area contributed by atoms with Gasteiger partial charge in [0.05, 0.1) is 32.3 Å². The lowest BCUT2D eigenvalue weighted by Crippen LogP contribution is -2.43. The molecule has 1 saturated heterocycles. The van der Waals surface area contributed by atoms with Crippen LogP contribution in [0.15, 0.2) is 47.4 Å². The summed E-state index contributed by atoms with van der Waals surface area (Å²) in [7, 11) is -0.792. The second kappa shape index (κ2) is 9.77. The topological polar surface area (TPSA) is 77.1 Å². The summed E-state index contributed by atoms with van der Waals surface area (Å²) in [6, 6.07) is 11.8. The van der Waals surface area contributed by atoms with Crippen LogP contribution in [0.5, 0.6) is 11.5 Å². The predicted octanol–water partition coefficient (Wildman–Crippen LogP) is 2.71. The van der Waals surface area contributed by atoms with Crippen molar-refractivity contribution in [2.75, 3.05) is 47.1 Å². The average molecular weight is 441 g/mol. The van der Waals surface area contributed by atoms with E-state index in [0.29, 0.717) is 42.8 Å². The van der Waals surface area contributed by atoms with Crippen molar-refractivity contribution in [3.8, 4) is 11.5 Å². The maximum atomic E-state index is 12.9. The van der Waals surface area contributed by atoms with E-state index in [9.17, 15) is 8.42 Å². The van der Waals surface area contributed by atoms with Gasteiger partial charge >= 0.3 is 0 Å². The van der Waals surface area contributed by atoms with Crippen LogP contribution in [0.25, 0.3) is 0 Å². The van der Waals surface area contributed by atoms with Gasteiger partial charge in [-0.1, -0.05) is 29.8 Å². The first-order valence-electron chi connectivity index (χ1n) is 9.24. The lowest BCUT2D eigenvalue weighted by Gasteiger charge is -2.35. The monoisotopic (exact) mass is 440 g/mol. The normalized spacial score (nSPS) is 16.4. The first kappa shape index (κ1) is 21.9. The third-order valence-corrected chi connectivity index (χ3v) is 6.65. The van der Waals surface area contributed by atoms with Crippen molar-refractivity contribution in [1.29, 1.82) is 0 Å². The third kappa shape index (κ3) is 5.21. The zero-order chi connectivity index (χ0) is 20.9. The van der Waals surface area contributed by atoms with Gasteiger partial charge in [0.1, 0.15) is 0 Å². The van der Waals surface area contributed by atoms with Crippen molar-refractivity contribution in [1.82, 2.24) is 9.62 Å². The molecule has 1 unspecified atom stereocenters. The van der Waals surface area contributed by atoms with E-state index < -0.39 is 10.0 Å². The molecule has 2 aromatic carbocycles. The van der Waals surface area contributed by atoms with Gasteiger partial charge in [-0.3, -0.25) is 4.90 Å². The zero-order valence-electron chi connectivity index (χ0n) is 16.4. The molecule has 0 aliphatic carbocycles. The van der Waals surface area contributed by atoms with Gasteiger partial charge in [-0.2, -0.15) is 0 Å². The molecule has 1 aliphatic rings. The fourth-order valence-electron chi connectivity index (χ4n) is 3.33. The van der Waals surface area contributed by atoms with Crippen molar-refractivity contribution >= 4 is 21.6 Å². The van der Waals surface area contributed by atoms with Crippen LogP contribution in [0, 0.1) is 0 Å². The summed E-state index contributed by atoms with van der Waals surface area (Å²) in [5, 5.41) is 0.606. The number of rotatable bonds is 8. The Kier molecular flexibility index (Phi) is 7.37. The highest BCUT2D eigenvalue weighted by Gasteiger charge is 2.27. The minimum absolute atomic E-state index is 0.107. The number of methoxy groups -OCH3 is 2. The highest BCUT2D eigenvalue weighted by atomic mass is 35.5. The summed E-state index contributed by atoms with van der Waals surface area (Å²) in [4.78, 5) is 2.29. The standard InChI is InChI=1S/C20H25ClN2O5S/c1-26-19-8-7-15(13-20(19)27-2)29(24,25)22-14-18(23-9-11-28-12-10-23)16-5-3-4-6-17(16)21/h3-8,13,18,22H,9-12,14H2,1-2H3. The largest absolute Gasteiger partial charge is 0.493 e. The first-order chi connectivity index (χ1) is 14.0. The molecule has 0 spiro atoms. The molecule has 1 aliphatic heterocycles. The van der Waals surface area contributed by atoms with Gasteiger partial charge in [0.2, 0.25) is 10.0 Å². The van der Waals surface area contributed by atoms with Crippen molar-refractivity contribution in [2.45, 2.75) is 10.9 Å². The van der Waals surface area contributed by atoms with E-state index in [1.807, 2.05) is 24.3 Å². The summed E-state index contributed by atoms with van der Waals surface area (Å²) in [6.45, 7) is 2.79. The Hall–Kier alpha value is -1.84. The SMILES string of the molecule is COc1ccc(S(=O)(=O)NCC(c2ccccc2Cl)N2CCOCC2)cc1OC. The summed E-state index contributed by atoms with van der Waals surface area (Å²) in [5.74, 6) is 0.819. The van der Waals surface area contributed by atoms with Crippen LogP contribution in [0.4, 0.5) is 0 Å². The Balaban J connectivity index is 1.84. The van der Waals surface area contributed by atoms with E-state index in [1.165, 1.54) is 26.4 Å². The Morgan fingerprint density at radius 3 is 2.45 bits per heavy atom. The quantitative estimate of drug-likeness (QED) is 0.680. The highest BCUT2D eigenvalue weighted by molar-refractivity contribution is 7.89. The van der Waals surface area contributed by atoms with E-state index in [4.69, 9.17) is 25.8 Å². The molecule has 158 valence electrons. The first-order valence-corrected chi connectivity index (χ1v) is 11.1. The fraction of sp³-hybridized carbons (Fsp3) is 0.400. The molecule has 1 atom stereocenters. The van der Waals surface area contributed by atoms with Crippen LogP contribution in [-0.2, 0) is 14.8 Å². The summed E-state index contributed by atoms with van der Waals surface area (Å²) >= 11 is 6.41. The molecule has 0 amide bonds. The maximum absolute atomic E-state index is 12.9. The van der Waals surface area contributed by atoms with Crippen LogP contribution in [0.3, 0.4) is 0 Å². The Morgan fingerprint density at radius 2 is 1.79 bits per heavy atom. The second-order valence-corrected chi connectivity index (χ2v) is 8.73. The molecule has 1 N–H and O–H groups in total. The Labute approximate surface area is 176 Å². The molecule has 29 heavy (non-hydrogen) atoms. The van der Waals surface area contributed by atoms with Crippen LogP contribution in [0.1, 0.15) is 11.6 Å². The Morgan fingerprint density at radius 1 is 1.10 bits per heavy atom. The van der Waals surface area contributed by atoms with Crippen molar-refractivity contribution in [3.63, 3.8) is 0 Å². The average Bonchev–Trinajstić information content (AvgIpc) is 2.75. The van der Waals surface area contributed by atoms with E-state index in [2.05, 4.69) is 9.62 Å². The van der Waals surface area contributed by atoms with Gasteiger partial charge in [-0.25, -0.2) is 13.1 Å². The lowest BCUT2D eigenvalue weighted by atomic mass is 10.0. The number of hydrogen-bond donors (Lipinski definition) is 1. The summed E-state index contributed by atoms with van der Waals surface area (Å²) in [5.41, 5.74) is 0.881. The van der Waals surface area contributed by atoms with Crippen LogP contribution in [0.2, 0.25) is 5.02 Å². The van der Waals surface area contributed by atoms with Gasteiger partial charge in [-0.05, 0) is 23.8 Å². The molecule has 7 nitrogen and oxygen atoms in total. The van der Waals surface area contributed by atoms with Crippen molar-refractivity contribution < 1.29 is 22.6 Å². The Bertz CT molecular complexity index is 932. The molecule has 0 bridgehead atoms. The van der Waals surface area contributed by atoms with E-state index in [0.717, 1.165) is 5.56 Å². The molecule has 2 aromatic rings. The number of nitrogens with one attached hydrogen (secondary N) is 1. The molecule has 0 radical (unpaired) electrons. The number of hydrogen-bond acceptors (Lipinski definition) is 6. The number of ether oxygens (including phenoxy) is 3. The lowest BCUT2D eigenvalue weighted by molar-refractivity contribution is 0.0172. The number of nitrogens with zero attached hydrogens (tertiary/aromatic N) is 1. The molecule has 9 heteroatoms. The fourth-order valence-corrected chi connectivity index (χ4v) is 4.64. The van der Waals surface area contributed by atoms with E-state index in [1.54, 1.807) is 6.07 Å². The van der Waals surface area contributed by atoms with E-state index >= 15 is 0 Å².